The van der Waals surface area contributed by atoms with Crippen molar-refractivity contribution in [1.29, 1.82) is 0 Å². The Morgan fingerprint density at radius 2 is 0.652 bits per heavy atom. The van der Waals surface area contributed by atoms with Gasteiger partial charge in [-0.3, -0.25) is 30.9 Å². The summed E-state index contributed by atoms with van der Waals surface area (Å²) >= 11 is 23.0. The van der Waals surface area contributed by atoms with Crippen LogP contribution in [0, 0.1) is 0 Å². The molecule has 7 rings (SSSR count). The molecule has 15 nitrogen and oxygen atoms in total. The van der Waals surface area contributed by atoms with Crippen molar-refractivity contribution < 1.29 is 26.4 Å². The van der Waals surface area contributed by atoms with Gasteiger partial charge in [0.15, 0.2) is 52.8 Å². The number of quaternary nitrogens is 3. The maximum atomic E-state index is 14.6. The molecule has 3 amide bonds. The van der Waals surface area contributed by atoms with Crippen LogP contribution in [0.1, 0.15) is 197 Å². The minimum atomic E-state index is -0.945. The lowest BCUT2D eigenvalue weighted by atomic mass is 9.90. The van der Waals surface area contributed by atoms with Crippen LogP contribution in [0.5, 0.6) is 0 Å². The minimum Gasteiger partial charge on any atom is -0.290 e. The third-order valence-corrected chi connectivity index (χ3v) is 16.1. The summed E-state index contributed by atoms with van der Waals surface area (Å²) in [5.41, 5.74) is -2.88. The molecule has 0 aromatic carbocycles. The van der Waals surface area contributed by atoms with Crippen molar-refractivity contribution in [3.8, 4) is 0 Å². The van der Waals surface area contributed by atoms with Crippen LogP contribution in [0.3, 0.4) is 0 Å². The third kappa shape index (κ3) is 12.7. The van der Waals surface area contributed by atoms with Crippen molar-refractivity contribution in [2.24, 2.45) is 15.0 Å². The molecule has 3 atom stereocenters. The predicted octanol–water partition coefficient (Wildman–Crippen LogP) is 8.21. The van der Waals surface area contributed by atoms with Gasteiger partial charge in [0.25, 0.3) is 0 Å². The maximum Gasteiger partial charge on any atom is 0.351 e. The number of aliphatic imine (C=N–C) groups is 3. The number of halogens is 3. The highest BCUT2D eigenvalue weighted by atomic mass is 35.5. The van der Waals surface area contributed by atoms with Crippen LogP contribution in [0.25, 0.3) is 0 Å². The molecule has 6 fully saturated rings. The van der Waals surface area contributed by atoms with Crippen LogP contribution >= 0.6 is 35.3 Å². The van der Waals surface area contributed by atoms with Gasteiger partial charge in [0, 0.05) is 0 Å². The molecular weight excluding hydrogens is 935 g/mol. The first kappa shape index (κ1) is 54.4. The van der Waals surface area contributed by atoms with Gasteiger partial charge < -0.3 is 0 Å². The Balaban J connectivity index is 1.49. The number of carbonyl (C=O) groups is 3. The first-order chi connectivity index (χ1) is 31.8. The summed E-state index contributed by atoms with van der Waals surface area (Å²) in [5.74, 6) is 0.238. The number of rotatable bonds is 12. The third-order valence-electron chi connectivity index (χ3n) is 14.9. The summed E-state index contributed by atoms with van der Waals surface area (Å²) in [5, 5.41) is 10.6. The van der Waals surface area contributed by atoms with Crippen LogP contribution in [0.2, 0.25) is 0 Å². The van der Waals surface area contributed by atoms with E-state index in [2.05, 4.69) is 57.5 Å². The maximum absolute atomic E-state index is 14.6. The Morgan fingerprint density at radius 1 is 0.435 bits per heavy atom. The van der Waals surface area contributed by atoms with Gasteiger partial charge in [-0.1, -0.05) is 57.8 Å². The highest BCUT2D eigenvalue weighted by Gasteiger charge is 2.59. The molecule has 18 heteroatoms. The van der Waals surface area contributed by atoms with Gasteiger partial charge >= 0.3 is 17.7 Å². The van der Waals surface area contributed by atoms with E-state index < -0.39 is 45.2 Å². The lowest BCUT2D eigenvalue weighted by Gasteiger charge is -2.47. The molecule has 3 aliphatic carbocycles. The van der Waals surface area contributed by atoms with Crippen molar-refractivity contribution in [3.05, 3.63) is 17.5 Å². The molecule has 69 heavy (non-hydrogen) atoms. The number of piperazine rings is 3. The van der Waals surface area contributed by atoms with Gasteiger partial charge in [-0.25, -0.2) is 29.3 Å². The number of nitrogens with zero attached hydrogens (tertiary/aromatic N) is 9. The van der Waals surface area contributed by atoms with Crippen LogP contribution in [-0.2, 0) is 14.4 Å². The van der Waals surface area contributed by atoms with Crippen molar-refractivity contribution in [3.63, 3.8) is 0 Å². The van der Waals surface area contributed by atoms with Crippen molar-refractivity contribution in [2.75, 3.05) is 39.3 Å². The smallest absolute Gasteiger partial charge is 0.290 e. The van der Waals surface area contributed by atoms with Gasteiger partial charge in [0.1, 0.15) is 73.0 Å². The lowest BCUT2D eigenvalue weighted by molar-refractivity contribution is -0.739. The Labute approximate surface area is 428 Å². The van der Waals surface area contributed by atoms with Crippen LogP contribution < -0.4 is 16.0 Å². The number of hydrogen-bond acceptors (Lipinski definition) is 12. The molecule has 0 radical (unpaired) electrons. The number of amides is 3. The predicted molar refractivity (Wildman–Crippen MR) is 277 cm³/mol. The highest BCUT2D eigenvalue weighted by molar-refractivity contribution is 6.17. The van der Waals surface area contributed by atoms with Gasteiger partial charge in [0.2, 0.25) is 0 Å². The molecule has 384 valence electrons. The van der Waals surface area contributed by atoms with E-state index in [-0.39, 0.29) is 92.6 Å². The molecular formula is C51H84Cl3N12O3+3. The SMILES string of the molecule is CC1(C)C[N+](Cl)(CC(=NC2CCCCC2)c2nc(C(C[N+]3(Cl)CC(C)(C)NC(C)(C)C3=O)=NC3CCCCC3)nc(C(C[N+]3(Cl)CC(C)(C)NC(C)(C)C3=O)=NC3CCCCC3)n2)C(=O)C(C)(C)N1. The van der Waals surface area contributed by atoms with E-state index >= 15 is 0 Å². The van der Waals surface area contributed by atoms with Gasteiger partial charge in [-0.2, -0.15) is 12.0 Å². The van der Waals surface area contributed by atoms with E-state index in [0.717, 1.165) is 96.3 Å². The topological polar surface area (TPSA) is 163 Å². The second kappa shape index (κ2) is 19.8. The molecule has 1 aromatic heterocycles. The first-order valence-corrected chi connectivity index (χ1v) is 27.1. The molecule has 3 unspecified atom stereocenters. The summed E-state index contributed by atoms with van der Waals surface area (Å²) in [4.78, 5) is 76.4. The zero-order valence-corrected chi connectivity index (χ0v) is 46.2. The van der Waals surface area contributed by atoms with E-state index in [1.807, 2.05) is 41.5 Å². The summed E-state index contributed by atoms with van der Waals surface area (Å²) in [6, 6.07) is -0.112. The molecule has 0 spiro atoms. The molecule has 1 aromatic rings. The fraction of sp³-hybridized carbons (Fsp3) is 0.824. The quantitative estimate of drug-likeness (QED) is 0.138. The highest BCUT2D eigenvalue weighted by Crippen LogP contribution is 2.36. The number of carbonyl (C=O) groups excluding carboxylic acids is 3. The Bertz CT molecular complexity index is 1970. The molecule has 3 aliphatic heterocycles. The summed E-state index contributed by atoms with van der Waals surface area (Å²) in [6.07, 6.45) is 14.9. The lowest BCUT2D eigenvalue weighted by Crippen LogP contribution is -2.74. The van der Waals surface area contributed by atoms with Gasteiger partial charge in [-0.15, -0.1) is 0 Å². The molecule has 0 bridgehead atoms. The van der Waals surface area contributed by atoms with E-state index in [0.29, 0.717) is 17.1 Å². The summed E-state index contributed by atoms with van der Waals surface area (Å²) in [6.45, 7) is 24.5. The molecule has 3 saturated carbocycles. The zero-order chi connectivity index (χ0) is 50.6. The largest absolute Gasteiger partial charge is 0.351 e. The molecule has 3 N–H and O–H groups in total. The van der Waals surface area contributed by atoms with E-state index in [1.54, 1.807) is 0 Å². The molecule has 6 aliphatic rings. The zero-order valence-electron chi connectivity index (χ0n) is 44.0. The van der Waals surface area contributed by atoms with Crippen molar-refractivity contribution in [1.82, 2.24) is 30.9 Å². The second-order valence-electron chi connectivity index (χ2n) is 25.3. The average Bonchev–Trinajstić information content (AvgIpc) is 3.23. The van der Waals surface area contributed by atoms with Gasteiger partial charge in [-0.05, 0) is 122 Å². The fourth-order valence-corrected chi connectivity index (χ4v) is 14.9. The van der Waals surface area contributed by atoms with Crippen LogP contribution in [0.4, 0.5) is 0 Å². The number of hydrogen-bond donors (Lipinski definition) is 3. The van der Waals surface area contributed by atoms with Crippen molar-refractivity contribution in [2.45, 2.75) is 231 Å². The standard InChI is InChI=1S/C51H84Cl3N12O3/c1-46(2)31-64(52,43(67)49(7,8)61-46)28-37(55-34-22-16-13-17-23-34)40-58-41(38(56-35-24-18-14-19-25-35)29-65(53)32-47(3,4)62-50(9,10)44(65)68)60-42(59-40)39(57-36-26-20-15-21-27-36)30-66(54)33-48(5,6)63-51(11,12)45(66)69/h34-36,61-63H,13-33H2,1-12H3/q+3. The second-order valence-corrected chi connectivity index (χ2v) is 27.2. The fourth-order valence-electron chi connectivity index (χ4n) is 13.1. The van der Waals surface area contributed by atoms with Crippen molar-refractivity contribution >= 4 is 70.2 Å². The molecule has 3 saturated heterocycles. The normalized spacial score (nSPS) is 32.6. The van der Waals surface area contributed by atoms with Crippen LogP contribution in [-0.4, -0.2) is 152 Å². The monoisotopic (exact) mass is 1020 g/mol. The van der Waals surface area contributed by atoms with E-state index in [9.17, 15) is 14.4 Å². The van der Waals surface area contributed by atoms with Gasteiger partial charge in [0.05, 0.1) is 34.7 Å². The number of nitrogens with one attached hydrogen (secondary N) is 3. The minimum absolute atomic E-state index is 0.0165. The Morgan fingerprint density at radius 3 is 0.870 bits per heavy atom. The average molecular weight is 1020 g/mol. The number of aromatic nitrogens is 3. The van der Waals surface area contributed by atoms with E-state index in [1.165, 1.54) is 0 Å². The summed E-state index contributed by atoms with van der Waals surface area (Å²) in [7, 11) is 0. The Hall–Kier alpha value is -2.34. The first-order valence-electron chi connectivity index (χ1n) is 26.0. The molecule has 4 heterocycles. The van der Waals surface area contributed by atoms with E-state index in [4.69, 9.17) is 65.3 Å². The summed E-state index contributed by atoms with van der Waals surface area (Å²) < 4.78 is -1.33. The Kier molecular flexibility index (Phi) is 15.6. The van der Waals surface area contributed by atoms with Crippen LogP contribution in [0.15, 0.2) is 15.0 Å².